The molecule has 0 radical (unpaired) electrons. The second-order valence-electron chi connectivity index (χ2n) is 5.30. The van der Waals surface area contributed by atoms with Crippen molar-refractivity contribution in [3.8, 4) is 0 Å². The van der Waals surface area contributed by atoms with E-state index >= 15 is 0 Å². The van der Waals surface area contributed by atoms with Crippen LogP contribution in [0, 0.1) is 0 Å². The van der Waals surface area contributed by atoms with Crippen molar-refractivity contribution >= 4 is 28.6 Å². The normalized spacial score (nSPS) is 13.8. The zero-order valence-corrected chi connectivity index (χ0v) is 12.1. The van der Waals surface area contributed by atoms with Crippen LogP contribution in [0.25, 0.3) is 11.1 Å². The van der Waals surface area contributed by atoms with Gasteiger partial charge in [0.25, 0.3) is 0 Å². The molecule has 1 aromatic heterocycles. The molecule has 1 heterocycles. The molecule has 0 aliphatic heterocycles. The number of carbonyl (C=O) groups excluding carboxylic acids is 2. The Balaban J connectivity index is 1.59. The van der Waals surface area contributed by atoms with E-state index in [2.05, 4.69) is 22.2 Å². The molecule has 0 unspecified atom stereocenters. The summed E-state index contributed by atoms with van der Waals surface area (Å²) < 4.78 is 5.71. The molecule has 2 amide bonds. The quantitative estimate of drug-likeness (QED) is 0.802. The lowest BCUT2D eigenvalue weighted by Crippen LogP contribution is -2.25. The highest BCUT2D eigenvalue weighted by molar-refractivity contribution is 5.93. The first-order valence-electron chi connectivity index (χ1n) is 7.26. The molecule has 3 rings (SSSR count). The third-order valence-corrected chi connectivity index (χ3v) is 3.45. The Hall–Kier alpha value is -2.63. The molecule has 22 heavy (non-hydrogen) atoms. The highest BCUT2D eigenvalue weighted by atomic mass is 16.3. The number of nitrogens with zero attached hydrogens (tertiary/aromatic N) is 1. The summed E-state index contributed by atoms with van der Waals surface area (Å²) in [5.41, 5.74) is 2.14. The van der Waals surface area contributed by atoms with E-state index in [0.29, 0.717) is 17.2 Å². The maximum atomic E-state index is 11.8. The van der Waals surface area contributed by atoms with E-state index in [0.717, 1.165) is 24.2 Å². The first kappa shape index (κ1) is 14.3. The van der Waals surface area contributed by atoms with Gasteiger partial charge in [0.1, 0.15) is 5.52 Å². The van der Waals surface area contributed by atoms with E-state index in [1.807, 2.05) is 6.07 Å². The Bertz CT molecular complexity index is 731. The van der Waals surface area contributed by atoms with Crippen LogP contribution < -0.4 is 10.6 Å². The monoisotopic (exact) mass is 299 g/mol. The molecule has 0 spiro atoms. The Morgan fingerprint density at radius 3 is 2.95 bits per heavy atom. The van der Waals surface area contributed by atoms with Crippen LogP contribution in [0.3, 0.4) is 0 Å². The Labute approximate surface area is 127 Å². The summed E-state index contributed by atoms with van der Waals surface area (Å²) in [6, 6.07) is 5.40. The van der Waals surface area contributed by atoms with Crippen LogP contribution in [0.4, 0.5) is 5.69 Å². The molecule has 6 heteroatoms. The van der Waals surface area contributed by atoms with Crippen molar-refractivity contribution in [2.45, 2.75) is 25.2 Å². The summed E-state index contributed by atoms with van der Waals surface area (Å²) in [5.74, 6) is 0.777. The third kappa shape index (κ3) is 3.33. The molecule has 0 bridgehead atoms. The van der Waals surface area contributed by atoms with Gasteiger partial charge in [0.15, 0.2) is 11.5 Å². The third-order valence-electron chi connectivity index (χ3n) is 3.45. The van der Waals surface area contributed by atoms with Crippen molar-refractivity contribution in [3.05, 3.63) is 36.7 Å². The number of rotatable bonds is 6. The van der Waals surface area contributed by atoms with E-state index in [1.54, 1.807) is 12.1 Å². The SMILES string of the molecule is C=CC(=O)NCCC(=O)Nc1ccc2nc(C3CC3)oc2c1. The van der Waals surface area contributed by atoms with Crippen molar-refractivity contribution in [1.29, 1.82) is 0 Å². The van der Waals surface area contributed by atoms with Gasteiger partial charge >= 0.3 is 0 Å². The lowest BCUT2D eigenvalue weighted by Gasteiger charge is -2.05. The lowest BCUT2D eigenvalue weighted by atomic mass is 10.2. The number of amides is 2. The predicted octanol–water partition coefficient (Wildman–Crippen LogP) is 2.34. The van der Waals surface area contributed by atoms with Crippen molar-refractivity contribution in [1.82, 2.24) is 10.3 Å². The summed E-state index contributed by atoms with van der Waals surface area (Å²) >= 11 is 0. The molecule has 1 aromatic carbocycles. The largest absolute Gasteiger partial charge is 0.440 e. The van der Waals surface area contributed by atoms with Gasteiger partial charge in [-0.05, 0) is 31.1 Å². The molecular weight excluding hydrogens is 282 g/mol. The summed E-state index contributed by atoms with van der Waals surface area (Å²) in [5, 5.41) is 5.33. The van der Waals surface area contributed by atoms with Crippen LogP contribution in [-0.4, -0.2) is 23.3 Å². The minimum Gasteiger partial charge on any atom is -0.440 e. The van der Waals surface area contributed by atoms with Crippen LogP contribution in [0.1, 0.15) is 31.1 Å². The number of benzene rings is 1. The van der Waals surface area contributed by atoms with Gasteiger partial charge in [-0.1, -0.05) is 6.58 Å². The van der Waals surface area contributed by atoms with Crippen molar-refractivity contribution < 1.29 is 14.0 Å². The Morgan fingerprint density at radius 2 is 2.23 bits per heavy atom. The first-order valence-corrected chi connectivity index (χ1v) is 7.26. The fraction of sp³-hybridized carbons (Fsp3) is 0.312. The minimum absolute atomic E-state index is 0.175. The van der Waals surface area contributed by atoms with Crippen LogP contribution in [0.2, 0.25) is 0 Å². The maximum absolute atomic E-state index is 11.8. The Morgan fingerprint density at radius 1 is 1.41 bits per heavy atom. The number of anilines is 1. The summed E-state index contributed by atoms with van der Waals surface area (Å²) in [6.45, 7) is 3.62. The van der Waals surface area contributed by atoms with Crippen LogP contribution in [-0.2, 0) is 9.59 Å². The predicted molar refractivity (Wildman–Crippen MR) is 82.4 cm³/mol. The van der Waals surface area contributed by atoms with Crippen molar-refractivity contribution in [2.24, 2.45) is 0 Å². The summed E-state index contributed by atoms with van der Waals surface area (Å²) in [4.78, 5) is 27.2. The van der Waals surface area contributed by atoms with Crippen molar-refractivity contribution in [2.75, 3.05) is 11.9 Å². The topological polar surface area (TPSA) is 84.2 Å². The number of hydrogen-bond donors (Lipinski definition) is 2. The highest BCUT2D eigenvalue weighted by Crippen LogP contribution is 2.40. The van der Waals surface area contributed by atoms with Gasteiger partial charge in [-0.3, -0.25) is 9.59 Å². The molecule has 6 nitrogen and oxygen atoms in total. The first-order chi connectivity index (χ1) is 10.7. The van der Waals surface area contributed by atoms with Gasteiger partial charge < -0.3 is 15.1 Å². The molecule has 1 fully saturated rings. The second-order valence-corrected chi connectivity index (χ2v) is 5.30. The van der Waals surface area contributed by atoms with Crippen LogP contribution >= 0.6 is 0 Å². The highest BCUT2D eigenvalue weighted by Gasteiger charge is 2.28. The number of hydrogen-bond acceptors (Lipinski definition) is 4. The smallest absolute Gasteiger partial charge is 0.243 e. The number of nitrogens with one attached hydrogen (secondary N) is 2. The van der Waals surface area contributed by atoms with Gasteiger partial charge in [0.2, 0.25) is 11.8 Å². The Kier molecular flexibility index (Phi) is 3.91. The standard InChI is InChI=1S/C16H17N3O3/c1-2-14(20)17-8-7-15(21)18-11-5-6-12-13(9-11)22-16(19-12)10-3-4-10/h2,5-6,9-10H,1,3-4,7-8H2,(H,17,20)(H,18,21). The number of oxazole rings is 1. The van der Waals surface area contributed by atoms with Crippen LogP contribution in [0.5, 0.6) is 0 Å². The van der Waals surface area contributed by atoms with Crippen molar-refractivity contribution in [3.63, 3.8) is 0 Å². The van der Waals surface area contributed by atoms with E-state index in [4.69, 9.17) is 4.42 Å². The van der Waals surface area contributed by atoms with E-state index < -0.39 is 0 Å². The fourth-order valence-electron chi connectivity index (χ4n) is 2.12. The molecule has 1 aliphatic rings. The zero-order chi connectivity index (χ0) is 15.5. The second kappa shape index (κ2) is 6.01. The molecule has 0 saturated heterocycles. The molecule has 2 N–H and O–H groups in total. The molecule has 1 aliphatic carbocycles. The summed E-state index contributed by atoms with van der Waals surface area (Å²) in [7, 11) is 0. The van der Waals surface area contributed by atoms with E-state index in [9.17, 15) is 9.59 Å². The molecule has 1 saturated carbocycles. The average Bonchev–Trinajstić information content (AvgIpc) is 3.27. The maximum Gasteiger partial charge on any atom is 0.243 e. The van der Waals surface area contributed by atoms with Gasteiger partial charge in [-0.25, -0.2) is 4.98 Å². The van der Waals surface area contributed by atoms with E-state index in [1.165, 1.54) is 6.08 Å². The summed E-state index contributed by atoms with van der Waals surface area (Å²) in [6.07, 6.45) is 3.63. The molecule has 2 aromatic rings. The van der Waals surface area contributed by atoms with Crippen LogP contribution in [0.15, 0.2) is 35.3 Å². The van der Waals surface area contributed by atoms with Gasteiger partial charge in [-0.2, -0.15) is 0 Å². The number of fused-ring (bicyclic) bond motifs is 1. The van der Waals surface area contributed by atoms with Gasteiger partial charge in [-0.15, -0.1) is 0 Å². The van der Waals surface area contributed by atoms with Gasteiger partial charge in [0, 0.05) is 30.6 Å². The molecule has 0 atom stereocenters. The lowest BCUT2D eigenvalue weighted by molar-refractivity contribution is -0.117. The number of carbonyl (C=O) groups is 2. The molecule has 114 valence electrons. The molecular formula is C16H17N3O3. The minimum atomic E-state index is -0.288. The van der Waals surface area contributed by atoms with Gasteiger partial charge in [0.05, 0.1) is 0 Å². The van der Waals surface area contributed by atoms with E-state index in [-0.39, 0.29) is 24.8 Å². The average molecular weight is 299 g/mol. The number of aromatic nitrogens is 1. The fourth-order valence-corrected chi connectivity index (χ4v) is 2.12. The zero-order valence-electron chi connectivity index (χ0n) is 12.1.